The Morgan fingerprint density at radius 2 is 2.29 bits per heavy atom. The lowest BCUT2D eigenvalue weighted by molar-refractivity contribution is -0.122. The Labute approximate surface area is 104 Å². The van der Waals surface area contributed by atoms with Gasteiger partial charge in [-0.25, -0.2) is 0 Å². The molecule has 0 saturated carbocycles. The predicted octanol–water partition coefficient (Wildman–Crippen LogP) is 0.587. The standard InChI is InChI=1S/C13H25N3O/c1-16-7-3-2-4-12(16)10-15-13(17)8-11-5-6-14-9-11/h11-12,14H,2-10H2,1H3,(H,15,17). The minimum absolute atomic E-state index is 0.234. The molecule has 0 aromatic carbocycles. The molecule has 0 radical (unpaired) electrons. The summed E-state index contributed by atoms with van der Waals surface area (Å²) in [6.45, 7) is 4.09. The third-order valence-corrected chi connectivity index (χ3v) is 4.09. The van der Waals surface area contributed by atoms with Crippen LogP contribution in [0.5, 0.6) is 0 Å². The van der Waals surface area contributed by atoms with Gasteiger partial charge < -0.3 is 15.5 Å². The first-order chi connectivity index (χ1) is 8.25. The van der Waals surface area contributed by atoms with Crippen molar-refractivity contribution in [1.29, 1.82) is 0 Å². The smallest absolute Gasteiger partial charge is 0.220 e. The van der Waals surface area contributed by atoms with E-state index in [4.69, 9.17) is 0 Å². The van der Waals surface area contributed by atoms with Crippen molar-refractivity contribution in [2.75, 3.05) is 33.2 Å². The predicted molar refractivity (Wildman–Crippen MR) is 68.9 cm³/mol. The fourth-order valence-corrected chi connectivity index (χ4v) is 2.86. The molecule has 17 heavy (non-hydrogen) atoms. The minimum Gasteiger partial charge on any atom is -0.355 e. The zero-order valence-corrected chi connectivity index (χ0v) is 10.9. The van der Waals surface area contributed by atoms with Crippen LogP contribution in [-0.4, -0.2) is 50.1 Å². The maximum Gasteiger partial charge on any atom is 0.220 e. The van der Waals surface area contributed by atoms with Crippen LogP contribution in [-0.2, 0) is 4.79 Å². The van der Waals surface area contributed by atoms with E-state index in [0.29, 0.717) is 18.4 Å². The second-order valence-electron chi connectivity index (χ2n) is 5.50. The summed E-state index contributed by atoms with van der Waals surface area (Å²) in [5.41, 5.74) is 0. The van der Waals surface area contributed by atoms with E-state index in [1.54, 1.807) is 0 Å². The Balaban J connectivity index is 1.64. The number of likely N-dealkylation sites (tertiary alicyclic amines) is 1. The van der Waals surface area contributed by atoms with Crippen LogP contribution in [0.3, 0.4) is 0 Å². The van der Waals surface area contributed by atoms with Gasteiger partial charge in [-0.15, -0.1) is 0 Å². The highest BCUT2D eigenvalue weighted by molar-refractivity contribution is 5.76. The van der Waals surface area contributed by atoms with Gasteiger partial charge in [-0.2, -0.15) is 0 Å². The first-order valence-electron chi connectivity index (χ1n) is 6.93. The molecule has 2 aliphatic heterocycles. The summed E-state index contributed by atoms with van der Waals surface area (Å²) in [5.74, 6) is 0.789. The monoisotopic (exact) mass is 239 g/mol. The van der Waals surface area contributed by atoms with Gasteiger partial charge >= 0.3 is 0 Å². The van der Waals surface area contributed by atoms with Gasteiger partial charge in [-0.05, 0) is 51.9 Å². The van der Waals surface area contributed by atoms with E-state index in [1.165, 1.54) is 25.8 Å². The van der Waals surface area contributed by atoms with Crippen LogP contribution in [0.4, 0.5) is 0 Å². The van der Waals surface area contributed by atoms with Crippen molar-refractivity contribution in [3.63, 3.8) is 0 Å². The summed E-state index contributed by atoms with van der Waals surface area (Å²) in [4.78, 5) is 14.2. The van der Waals surface area contributed by atoms with E-state index in [0.717, 1.165) is 26.1 Å². The summed E-state index contributed by atoms with van der Waals surface area (Å²) in [6, 6.07) is 0.550. The Bertz CT molecular complexity index is 251. The summed E-state index contributed by atoms with van der Waals surface area (Å²) in [7, 11) is 2.16. The molecule has 2 N–H and O–H groups in total. The largest absolute Gasteiger partial charge is 0.355 e. The normalized spacial score (nSPS) is 30.4. The van der Waals surface area contributed by atoms with Crippen molar-refractivity contribution in [2.45, 2.75) is 38.1 Å². The van der Waals surface area contributed by atoms with Gasteiger partial charge in [-0.3, -0.25) is 4.79 Å². The highest BCUT2D eigenvalue weighted by Gasteiger charge is 2.21. The first-order valence-corrected chi connectivity index (χ1v) is 6.93. The molecule has 4 nitrogen and oxygen atoms in total. The van der Waals surface area contributed by atoms with Crippen molar-refractivity contribution in [3.05, 3.63) is 0 Å². The van der Waals surface area contributed by atoms with E-state index in [2.05, 4.69) is 22.6 Å². The lowest BCUT2D eigenvalue weighted by atomic mass is 10.0. The van der Waals surface area contributed by atoms with Crippen molar-refractivity contribution in [1.82, 2.24) is 15.5 Å². The molecule has 0 aromatic heterocycles. The van der Waals surface area contributed by atoms with E-state index < -0.39 is 0 Å². The van der Waals surface area contributed by atoms with Gasteiger partial charge in [-0.1, -0.05) is 6.42 Å². The van der Waals surface area contributed by atoms with Crippen molar-refractivity contribution < 1.29 is 4.79 Å². The minimum atomic E-state index is 0.234. The maximum absolute atomic E-state index is 11.8. The molecular weight excluding hydrogens is 214 g/mol. The Morgan fingerprint density at radius 3 is 3.00 bits per heavy atom. The zero-order valence-electron chi connectivity index (χ0n) is 10.9. The number of hydrogen-bond donors (Lipinski definition) is 2. The van der Waals surface area contributed by atoms with Crippen LogP contribution in [0.2, 0.25) is 0 Å². The molecule has 2 saturated heterocycles. The topological polar surface area (TPSA) is 44.4 Å². The van der Waals surface area contributed by atoms with Crippen LogP contribution in [0.15, 0.2) is 0 Å². The SMILES string of the molecule is CN1CCCCC1CNC(=O)CC1CCNC1. The first kappa shape index (κ1) is 12.8. The summed E-state index contributed by atoms with van der Waals surface area (Å²) < 4.78 is 0. The van der Waals surface area contributed by atoms with E-state index in [9.17, 15) is 4.79 Å². The van der Waals surface area contributed by atoms with Gasteiger partial charge in [0.1, 0.15) is 0 Å². The molecule has 0 aliphatic carbocycles. The van der Waals surface area contributed by atoms with Crippen molar-refractivity contribution in [2.24, 2.45) is 5.92 Å². The second-order valence-corrected chi connectivity index (χ2v) is 5.50. The number of carbonyl (C=O) groups excluding carboxylic acids is 1. The molecule has 0 bridgehead atoms. The molecule has 2 fully saturated rings. The third kappa shape index (κ3) is 3.96. The number of rotatable bonds is 4. The van der Waals surface area contributed by atoms with Gasteiger partial charge in [0.25, 0.3) is 0 Å². The van der Waals surface area contributed by atoms with Gasteiger partial charge in [0.05, 0.1) is 0 Å². The average Bonchev–Trinajstić information content (AvgIpc) is 2.81. The fraction of sp³-hybridized carbons (Fsp3) is 0.923. The number of nitrogens with zero attached hydrogens (tertiary/aromatic N) is 1. The molecule has 2 rings (SSSR count). The molecule has 2 unspecified atom stereocenters. The highest BCUT2D eigenvalue weighted by atomic mass is 16.1. The molecular formula is C13H25N3O. The van der Waals surface area contributed by atoms with Gasteiger partial charge in [0.2, 0.25) is 5.91 Å². The average molecular weight is 239 g/mol. The number of carbonyl (C=O) groups is 1. The summed E-state index contributed by atoms with van der Waals surface area (Å²) in [5, 5.41) is 6.40. The maximum atomic E-state index is 11.8. The van der Waals surface area contributed by atoms with Gasteiger partial charge in [0.15, 0.2) is 0 Å². The van der Waals surface area contributed by atoms with Gasteiger partial charge in [0, 0.05) is 19.0 Å². The Kier molecular flexibility index (Phi) is 4.80. The number of hydrogen-bond acceptors (Lipinski definition) is 3. The molecule has 2 atom stereocenters. The van der Waals surface area contributed by atoms with E-state index >= 15 is 0 Å². The zero-order chi connectivity index (χ0) is 12.1. The quantitative estimate of drug-likeness (QED) is 0.754. The lowest BCUT2D eigenvalue weighted by Gasteiger charge is -2.32. The third-order valence-electron chi connectivity index (χ3n) is 4.09. The van der Waals surface area contributed by atoms with E-state index in [1.807, 2.05) is 0 Å². The molecule has 0 aromatic rings. The molecule has 4 heteroatoms. The Hall–Kier alpha value is -0.610. The van der Waals surface area contributed by atoms with Crippen LogP contribution in [0, 0.1) is 5.92 Å². The number of nitrogens with one attached hydrogen (secondary N) is 2. The fourth-order valence-electron chi connectivity index (χ4n) is 2.86. The van der Waals surface area contributed by atoms with Crippen LogP contribution >= 0.6 is 0 Å². The van der Waals surface area contributed by atoms with Crippen molar-refractivity contribution in [3.8, 4) is 0 Å². The number of piperidine rings is 1. The number of likely N-dealkylation sites (N-methyl/N-ethyl adjacent to an activating group) is 1. The lowest BCUT2D eigenvalue weighted by Crippen LogP contribution is -2.44. The Morgan fingerprint density at radius 1 is 1.41 bits per heavy atom. The molecule has 98 valence electrons. The van der Waals surface area contributed by atoms with Crippen molar-refractivity contribution >= 4 is 5.91 Å². The van der Waals surface area contributed by atoms with Crippen LogP contribution in [0.25, 0.3) is 0 Å². The molecule has 0 spiro atoms. The highest BCUT2D eigenvalue weighted by Crippen LogP contribution is 2.15. The molecule has 1 amide bonds. The van der Waals surface area contributed by atoms with E-state index in [-0.39, 0.29) is 5.91 Å². The van der Waals surface area contributed by atoms with Crippen LogP contribution in [0.1, 0.15) is 32.1 Å². The number of amides is 1. The summed E-state index contributed by atoms with van der Waals surface area (Å²) >= 11 is 0. The van der Waals surface area contributed by atoms with Crippen LogP contribution < -0.4 is 10.6 Å². The molecule has 2 aliphatic rings. The summed E-state index contributed by atoms with van der Waals surface area (Å²) in [6.07, 6.45) is 5.67. The second kappa shape index (κ2) is 6.36. The molecule has 2 heterocycles.